The fourth-order valence-electron chi connectivity index (χ4n) is 1.78. The number of ether oxygens (including phenoxy) is 1. The Morgan fingerprint density at radius 1 is 1.08 bits per heavy atom. The van der Waals surface area contributed by atoms with Gasteiger partial charge in [-0.25, -0.2) is 4.99 Å². The van der Waals surface area contributed by atoms with Crippen LogP contribution in [0.3, 0.4) is 0 Å². The lowest BCUT2D eigenvalue weighted by Crippen LogP contribution is -2.31. The van der Waals surface area contributed by atoms with Crippen LogP contribution in [0.2, 0.25) is 0 Å². The zero-order chi connectivity index (χ0) is 8.23. The molecule has 3 heteroatoms. The maximum atomic E-state index is 5.42. The Labute approximate surface area is 73.4 Å². The molecule has 0 unspecified atom stereocenters. The number of aliphatic imine (C=N–C) groups is 1. The number of hydrogen-bond donors (Lipinski definition) is 0. The summed E-state index contributed by atoms with van der Waals surface area (Å²) in [5, 5.41) is 0. The lowest BCUT2D eigenvalue weighted by atomic mass is 10.2. The number of nitrogens with zero attached hydrogens (tertiary/aromatic N) is 2. The van der Waals surface area contributed by atoms with Crippen LogP contribution in [0.5, 0.6) is 0 Å². The second-order valence-electron chi connectivity index (χ2n) is 3.41. The summed E-state index contributed by atoms with van der Waals surface area (Å²) in [4.78, 5) is 6.61. The lowest BCUT2D eigenvalue weighted by Gasteiger charge is -2.20. The van der Waals surface area contributed by atoms with Crippen LogP contribution in [0.15, 0.2) is 4.99 Å². The van der Waals surface area contributed by atoms with Gasteiger partial charge in [-0.05, 0) is 12.8 Å². The van der Waals surface area contributed by atoms with Crippen LogP contribution in [0.25, 0.3) is 0 Å². The van der Waals surface area contributed by atoms with Gasteiger partial charge >= 0.3 is 0 Å². The number of rotatable bonds is 0. The number of hydrogen-bond acceptors (Lipinski definition) is 3. The summed E-state index contributed by atoms with van der Waals surface area (Å²) in [5.41, 5.74) is 0. The first-order chi connectivity index (χ1) is 5.97. The summed E-state index contributed by atoms with van der Waals surface area (Å²) >= 11 is 0. The lowest BCUT2D eigenvalue weighted by molar-refractivity contribution is 0.266. The molecule has 0 aromatic rings. The minimum Gasteiger partial charge on any atom is -0.463 e. The molecule has 2 aliphatic rings. The molecule has 3 nitrogen and oxygen atoms in total. The van der Waals surface area contributed by atoms with Gasteiger partial charge < -0.3 is 9.64 Å². The van der Waals surface area contributed by atoms with Crippen LogP contribution >= 0.6 is 0 Å². The average Bonchev–Trinajstić information content (AvgIpc) is 2.48. The van der Waals surface area contributed by atoms with Crippen LogP contribution in [-0.4, -0.2) is 37.2 Å². The molecule has 2 heterocycles. The highest BCUT2D eigenvalue weighted by atomic mass is 16.5. The molecular weight excluding hydrogens is 152 g/mol. The van der Waals surface area contributed by atoms with Gasteiger partial charge in [0.1, 0.15) is 6.61 Å². The monoisotopic (exact) mass is 168 g/mol. The maximum Gasteiger partial charge on any atom is 0.287 e. The molecule has 0 aliphatic carbocycles. The molecule has 0 N–H and O–H groups in total. The van der Waals surface area contributed by atoms with Gasteiger partial charge in [0.2, 0.25) is 0 Å². The topological polar surface area (TPSA) is 24.8 Å². The van der Waals surface area contributed by atoms with E-state index in [2.05, 4.69) is 9.89 Å². The molecule has 0 radical (unpaired) electrons. The van der Waals surface area contributed by atoms with Gasteiger partial charge in [0.15, 0.2) is 0 Å². The molecule has 1 saturated heterocycles. The first-order valence-corrected chi connectivity index (χ1v) is 4.89. The predicted octanol–water partition coefficient (Wildman–Crippen LogP) is 1.25. The Balaban J connectivity index is 1.91. The minimum absolute atomic E-state index is 0.784. The van der Waals surface area contributed by atoms with Crippen LogP contribution in [-0.2, 0) is 4.74 Å². The van der Waals surface area contributed by atoms with E-state index in [1.807, 2.05) is 0 Å². The molecule has 0 saturated carbocycles. The quantitative estimate of drug-likeness (QED) is 0.544. The van der Waals surface area contributed by atoms with Gasteiger partial charge in [-0.1, -0.05) is 12.8 Å². The van der Waals surface area contributed by atoms with Crippen LogP contribution in [0.1, 0.15) is 25.7 Å². The zero-order valence-corrected chi connectivity index (χ0v) is 7.46. The summed E-state index contributed by atoms with van der Waals surface area (Å²) < 4.78 is 5.42. The summed E-state index contributed by atoms with van der Waals surface area (Å²) in [6, 6.07) is 0.900. The van der Waals surface area contributed by atoms with Crippen LogP contribution in [0.4, 0.5) is 0 Å². The van der Waals surface area contributed by atoms with Gasteiger partial charge in [-0.2, -0.15) is 0 Å². The van der Waals surface area contributed by atoms with Crippen molar-refractivity contribution in [2.24, 2.45) is 4.99 Å². The van der Waals surface area contributed by atoms with E-state index in [0.29, 0.717) is 0 Å². The molecule has 0 spiro atoms. The van der Waals surface area contributed by atoms with Crippen molar-refractivity contribution in [3.8, 4) is 0 Å². The van der Waals surface area contributed by atoms with Gasteiger partial charge in [-0.15, -0.1) is 0 Å². The molecule has 2 rings (SSSR count). The minimum atomic E-state index is 0.784. The van der Waals surface area contributed by atoms with Gasteiger partial charge in [0, 0.05) is 13.1 Å². The van der Waals surface area contributed by atoms with Crippen LogP contribution in [0, 0.1) is 0 Å². The highest BCUT2D eigenvalue weighted by molar-refractivity contribution is 5.75. The second kappa shape index (κ2) is 3.78. The number of amidine groups is 1. The van der Waals surface area contributed by atoms with E-state index < -0.39 is 0 Å². The molecule has 2 aliphatic heterocycles. The molecule has 0 aromatic carbocycles. The van der Waals surface area contributed by atoms with Crippen molar-refractivity contribution < 1.29 is 4.74 Å². The largest absolute Gasteiger partial charge is 0.463 e. The third kappa shape index (κ3) is 1.71. The number of likely N-dealkylation sites (tertiary alicyclic amines) is 1. The zero-order valence-electron chi connectivity index (χ0n) is 7.46. The predicted molar refractivity (Wildman–Crippen MR) is 48.3 cm³/mol. The van der Waals surface area contributed by atoms with Gasteiger partial charge in [-0.3, -0.25) is 0 Å². The molecule has 12 heavy (non-hydrogen) atoms. The molecule has 0 aromatic heterocycles. The summed E-state index contributed by atoms with van der Waals surface area (Å²) in [6.07, 6.45) is 5.32. The van der Waals surface area contributed by atoms with E-state index in [4.69, 9.17) is 4.74 Å². The van der Waals surface area contributed by atoms with Crippen molar-refractivity contribution in [3.63, 3.8) is 0 Å². The van der Waals surface area contributed by atoms with Crippen molar-refractivity contribution in [2.45, 2.75) is 25.7 Å². The van der Waals surface area contributed by atoms with E-state index >= 15 is 0 Å². The Morgan fingerprint density at radius 3 is 2.42 bits per heavy atom. The van der Waals surface area contributed by atoms with Crippen molar-refractivity contribution in [1.29, 1.82) is 0 Å². The van der Waals surface area contributed by atoms with E-state index in [1.165, 1.54) is 25.7 Å². The standard InChI is InChI=1S/C9H16N2O/c1-2-4-7-11(6-3-1)9-10-5-8-12-9/h1-8H2. The molecule has 1 fully saturated rings. The fourth-order valence-corrected chi connectivity index (χ4v) is 1.78. The first-order valence-electron chi connectivity index (χ1n) is 4.89. The van der Waals surface area contributed by atoms with E-state index in [0.717, 1.165) is 32.3 Å². The van der Waals surface area contributed by atoms with E-state index in [1.54, 1.807) is 0 Å². The summed E-state index contributed by atoms with van der Waals surface area (Å²) in [6.45, 7) is 3.91. The van der Waals surface area contributed by atoms with Gasteiger partial charge in [0.25, 0.3) is 6.02 Å². The first kappa shape index (κ1) is 7.90. The van der Waals surface area contributed by atoms with Crippen molar-refractivity contribution in [1.82, 2.24) is 4.90 Å². The molecular formula is C9H16N2O. The summed E-state index contributed by atoms with van der Waals surface area (Å²) in [7, 11) is 0. The van der Waals surface area contributed by atoms with Crippen molar-refractivity contribution in [3.05, 3.63) is 0 Å². The second-order valence-corrected chi connectivity index (χ2v) is 3.41. The van der Waals surface area contributed by atoms with E-state index in [9.17, 15) is 0 Å². The highest BCUT2D eigenvalue weighted by Crippen LogP contribution is 2.12. The Hall–Kier alpha value is -0.730. The molecule has 68 valence electrons. The Morgan fingerprint density at radius 2 is 1.83 bits per heavy atom. The SMILES string of the molecule is C1CCCN(C2=NCCO2)CC1. The Bertz CT molecular complexity index is 171. The summed E-state index contributed by atoms with van der Waals surface area (Å²) in [5.74, 6) is 0. The maximum absolute atomic E-state index is 5.42. The van der Waals surface area contributed by atoms with Crippen LogP contribution < -0.4 is 0 Å². The average molecular weight is 168 g/mol. The molecule has 0 amide bonds. The third-order valence-electron chi connectivity index (χ3n) is 2.45. The van der Waals surface area contributed by atoms with Crippen molar-refractivity contribution >= 4 is 6.02 Å². The van der Waals surface area contributed by atoms with Crippen molar-refractivity contribution in [2.75, 3.05) is 26.2 Å². The Kier molecular flexibility index (Phi) is 2.49. The normalized spacial score (nSPS) is 24.7. The van der Waals surface area contributed by atoms with Gasteiger partial charge in [0.05, 0.1) is 6.54 Å². The third-order valence-corrected chi connectivity index (χ3v) is 2.45. The highest BCUT2D eigenvalue weighted by Gasteiger charge is 2.17. The smallest absolute Gasteiger partial charge is 0.287 e. The van der Waals surface area contributed by atoms with E-state index in [-0.39, 0.29) is 0 Å². The molecule has 0 atom stereocenters. The fraction of sp³-hybridized carbons (Fsp3) is 0.889. The molecule has 0 bridgehead atoms.